The van der Waals surface area contributed by atoms with E-state index in [1.807, 2.05) is 51.8 Å². The number of likely N-dealkylation sites (tertiary alicyclic amines) is 2. The molecule has 3 N–H and O–H groups in total. The van der Waals surface area contributed by atoms with Crippen LogP contribution in [0.15, 0.2) is 60.8 Å². The number of methoxy groups -OCH3 is 1. The molecule has 3 aromatic heterocycles. The van der Waals surface area contributed by atoms with Gasteiger partial charge >= 0.3 is 12.2 Å². The fraction of sp³-hybridized carbons (Fsp3) is 0.405. The van der Waals surface area contributed by atoms with Crippen LogP contribution in [-0.4, -0.2) is 79.7 Å². The summed E-state index contributed by atoms with van der Waals surface area (Å²) in [5.41, 5.74) is 4.33. The van der Waals surface area contributed by atoms with Crippen molar-refractivity contribution in [2.75, 3.05) is 20.2 Å². The van der Waals surface area contributed by atoms with Crippen LogP contribution in [0.25, 0.3) is 53.6 Å². The predicted octanol–water partition coefficient (Wildman–Crippen LogP) is 9.10. The van der Waals surface area contributed by atoms with Crippen LogP contribution < -0.4 is 5.32 Å². The lowest BCUT2D eigenvalue weighted by Crippen LogP contribution is -2.51. The number of aromatic nitrogens is 4. The van der Waals surface area contributed by atoms with Crippen LogP contribution in [0.3, 0.4) is 0 Å². The molecule has 3 atom stereocenters. The van der Waals surface area contributed by atoms with Gasteiger partial charge in [-0.05, 0) is 93.0 Å². The molecule has 13 heteroatoms. The van der Waals surface area contributed by atoms with Crippen molar-refractivity contribution < 1.29 is 23.9 Å². The quantitative estimate of drug-likeness (QED) is 0.147. The Morgan fingerprint density at radius 3 is 2.36 bits per heavy atom. The largest absolute Gasteiger partial charge is 0.453 e. The lowest BCUT2D eigenvalue weighted by atomic mass is 10.0. The zero-order chi connectivity index (χ0) is 38.6. The molecule has 3 amide bonds. The standard InChI is InChI=1S/C42H47N7O5S/c1-23(2)35(47-40(51)53-6)39(50)48-17-7-10-32(48)38-44-29-16-14-24-19-26(13-15-28(24)36(29)46-38)34-21-27-12-11-25(20-33(27)55-34)30-22-43-37(45-30)31-9-8-18-49(31)41(52)54-42(3,4)5/h11-16,19-23,31-32,35H,7-10,17-18H2,1-6H3,(H,43,45)(H,44,46)(H,47,51)/t31-,32-,35-/m0/s1. The Labute approximate surface area is 323 Å². The maximum absolute atomic E-state index is 13.7. The summed E-state index contributed by atoms with van der Waals surface area (Å²) in [6.45, 7) is 10.7. The number of fused-ring (bicyclic) bond motifs is 4. The van der Waals surface area contributed by atoms with E-state index in [0.29, 0.717) is 13.1 Å². The number of H-pyrrole nitrogens is 2. The number of thiophene rings is 1. The molecule has 2 aliphatic heterocycles. The Hall–Kier alpha value is -5.43. The summed E-state index contributed by atoms with van der Waals surface area (Å²) in [7, 11) is 1.30. The number of nitrogens with zero attached hydrogens (tertiary/aromatic N) is 4. The van der Waals surface area contributed by atoms with Crippen LogP contribution in [0.4, 0.5) is 9.59 Å². The molecule has 0 spiro atoms. The van der Waals surface area contributed by atoms with Crippen LogP contribution in [-0.2, 0) is 14.3 Å². The molecular weight excluding hydrogens is 715 g/mol. The van der Waals surface area contributed by atoms with Crippen molar-refractivity contribution in [3.05, 3.63) is 72.4 Å². The summed E-state index contributed by atoms with van der Waals surface area (Å²) in [5.74, 6) is 1.31. The van der Waals surface area contributed by atoms with Crippen LogP contribution in [0.5, 0.6) is 0 Å². The lowest BCUT2D eigenvalue weighted by Gasteiger charge is -2.29. The first kappa shape index (κ1) is 36.5. The number of carbonyl (C=O) groups excluding carboxylic acids is 3. The van der Waals surface area contributed by atoms with E-state index in [1.165, 1.54) is 22.1 Å². The van der Waals surface area contributed by atoms with E-state index in [9.17, 15) is 14.4 Å². The summed E-state index contributed by atoms with van der Waals surface area (Å²) in [5, 5.41) is 6.05. The van der Waals surface area contributed by atoms with Crippen LogP contribution in [0, 0.1) is 5.92 Å². The van der Waals surface area contributed by atoms with E-state index >= 15 is 0 Å². The highest BCUT2D eigenvalue weighted by molar-refractivity contribution is 7.22. The van der Waals surface area contributed by atoms with Crippen molar-refractivity contribution in [1.29, 1.82) is 0 Å². The Kier molecular flexibility index (Phi) is 9.52. The first-order valence-electron chi connectivity index (χ1n) is 19.0. The van der Waals surface area contributed by atoms with Gasteiger partial charge in [-0.3, -0.25) is 9.69 Å². The number of aromatic amines is 2. The number of hydrogen-bond acceptors (Lipinski definition) is 8. The molecule has 8 rings (SSSR count). The zero-order valence-electron chi connectivity index (χ0n) is 32.1. The monoisotopic (exact) mass is 761 g/mol. The number of hydrogen-bond donors (Lipinski definition) is 3. The van der Waals surface area contributed by atoms with Crippen molar-refractivity contribution in [2.24, 2.45) is 5.92 Å². The van der Waals surface area contributed by atoms with Gasteiger partial charge in [0.25, 0.3) is 0 Å². The fourth-order valence-corrected chi connectivity index (χ4v) is 9.01. The summed E-state index contributed by atoms with van der Waals surface area (Å²) in [4.78, 5) is 60.1. The molecule has 0 aliphatic carbocycles. The average Bonchev–Trinajstić information content (AvgIpc) is 4.00. The van der Waals surface area contributed by atoms with Gasteiger partial charge in [0.05, 0.1) is 42.1 Å². The van der Waals surface area contributed by atoms with E-state index < -0.39 is 17.7 Å². The van der Waals surface area contributed by atoms with E-state index in [2.05, 4.69) is 63.8 Å². The number of imidazole rings is 2. The fourth-order valence-electron chi connectivity index (χ4n) is 7.92. The van der Waals surface area contributed by atoms with Crippen molar-refractivity contribution >= 4 is 61.3 Å². The second kappa shape index (κ2) is 14.3. The van der Waals surface area contributed by atoms with E-state index in [-0.39, 0.29) is 30.0 Å². The van der Waals surface area contributed by atoms with Gasteiger partial charge in [0.2, 0.25) is 5.91 Å². The summed E-state index contributed by atoms with van der Waals surface area (Å²) in [6.07, 6.45) is 4.34. The molecule has 3 aromatic carbocycles. The summed E-state index contributed by atoms with van der Waals surface area (Å²) >= 11 is 1.75. The number of alkyl carbamates (subject to hydrolysis) is 1. The first-order chi connectivity index (χ1) is 26.4. The van der Waals surface area contributed by atoms with Crippen LogP contribution in [0.1, 0.15) is 84.0 Å². The number of amides is 3. The average molecular weight is 762 g/mol. The van der Waals surface area contributed by atoms with Gasteiger partial charge in [-0.1, -0.05) is 44.2 Å². The highest BCUT2D eigenvalue weighted by atomic mass is 32.1. The highest BCUT2D eigenvalue weighted by Crippen LogP contribution is 2.39. The maximum Gasteiger partial charge on any atom is 0.410 e. The Balaban J connectivity index is 1.02. The minimum absolute atomic E-state index is 0.101. The Morgan fingerprint density at radius 2 is 1.62 bits per heavy atom. The number of nitrogens with one attached hydrogen (secondary N) is 3. The molecule has 2 aliphatic rings. The maximum atomic E-state index is 13.7. The first-order valence-corrected chi connectivity index (χ1v) is 19.8. The topological polar surface area (TPSA) is 146 Å². The molecule has 6 aromatic rings. The molecule has 12 nitrogen and oxygen atoms in total. The predicted molar refractivity (Wildman–Crippen MR) is 215 cm³/mol. The second-order valence-electron chi connectivity index (χ2n) is 15.9. The minimum atomic E-state index is -0.684. The molecule has 2 saturated heterocycles. The van der Waals surface area contributed by atoms with Gasteiger partial charge in [-0.2, -0.15) is 0 Å². The molecule has 5 heterocycles. The number of benzene rings is 3. The third kappa shape index (κ3) is 7.13. The lowest BCUT2D eigenvalue weighted by molar-refractivity contribution is -0.135. The highest BCUT2D eigenvalue weighted by Gasteiger charge is 2.38. The Bertz CT molecular complexity index is 2420. The zero-order valence-corrected chi connectivity index (χ0v) is 32.9. The van der Waals surface area contributed by atoms with E-state index in [0.717, 1.165) is 76.0 Å². The van der Waals surface area contributed by atoms with Crippen LogP contribution >= 0.6 is 11.3 Å². The molecule has 0 bridgehead atoms. The van der Waals surface area contributed by atoms with Gasteiger partial charge in [0, 0.05) is 33.6 Å². The van der Waals surface area contributed by atoms with Gasteiger partial charge < -0.3 is 29.7 Å². The number of rotatable bonds is 7. The molecule has 55 heavy (non-hydrogen) atoms. The van der Waals surface area contributed by atoms with Crippen molar-refractivity contribution in [1.82, 2.24) is 35.1 Å². The van der Waals surface area contributed by atoms with E-state index in [1.54, 1.807) is 16.2 Å². The van der Waals surface area contributed by atoms with Gasteiger partial charge in [-0.15, -0.1) is 11.3 Å². The number of carbonyl (C=O) groups is 3. The molecule has 0 unspecified atom stereocenters. The molecule has 0 radical (unpaired) electrons. The number of ether oxygens (including phenoxy) is 2. The molecule has 286 valence electrons. The Morgan fingerprint density at radius 1 is 0.891 bits per heavy atom. The minimum Gasteiger partial charge on any atom is -0.453 e. The van der Waals surface area contributed by atoms with Gasteiger partial charge in [0.1, 0.15) is 23.3 Å². The van der Waals surface area contributed by atoms with Crippen LogP contribution in [0.2, 0.25) is 0 Å². The van der Waals surface area contributed by atoms with Gasteiger partial charge in [0.15, 0.2) is 0 Å². The summed E-state index contributed by atoms with van der Waals surface area (Å²) in [6, 6.07) is 18.3. The SMILES string of the molecule is COC(=O)N[C@H](C(=O)N1CCC[C@H]1c1nc2ccc3cc(-c4cc5ccc(-c6cnc([C@@H]7CCCN7C(=O)OC(C)(C)C)[nH]6)cc5s4)ccc3c2[nH]1)C(C)C. The molecule has 0 saturated carbocycles. The third-order valence-electron chi connectivity index (χ3n) is 10.6. The molecule has 2 fully saturated rings. The van der Waals surface area contributed by atoms with Gasteiger partial charge in [-0.25, -0.2) is 19.6 Å². The van der Waals surface area contributed by atoms with E-state index in [4.69, 9.17) is 19.4 Å². The third-order valence-corrected chi connectivity index (χ3v) is 11.8. The van der Waals surface area contributed by atoms with Crippen molar-refractivity contribution in [3.8, 4) is 21.7 Å². The van der Waals surface area contributed by atoms with Crippen molar-refractivity contribution in [3.63, 3.8) is 0 Å². The second-order valence-corrected chi connectivity index (χ2v) is 17.0. The normalized spacial score (nSPS) is 18.2. The summed E-state index contributed by atoms with van der Waals surface area (Å²) < 4.78 is 11.6. The smallest absolute Gasteiger partial charge is 0.410 e. The van der Waals surface area contributed by atoms with Crippen molar-refractivity contribution in [2.45, 2.75) is 84.0 Å². The molecular formula is C42H47N7O5S.